The summed E-state index contributed by atoms with van der Waals surface area (Å²) in [5.74, 6) is -0.380. The Morgan fingerprint density at radius 2 is 2.31 bits per heavy atom. The quantitative estimate of drug-likeness (QED) is 0.768. The molecule has 0 aliphatic rings. The first-order valence-electron chi connectivity index (χ1n) is 3.98. The molecular weight excluding hydrogens is 242 g/mol. The van der Waals surface area contributed by atoms with Gasteiger partial charge in [-0.15, -0.1) is 0 Å². The van der Waals surface area contributed by atoms with Crippen molar-refractivity contribution in [2.45, 2.75) is 6.43 Å². The second kappa shape index (κ2) is 4.86. The first-order chi connectivity index (χ1) is 7.51. The van der Waals surface area contributed by atoms with Crippen LogP contribution in [0.1, 0.15) is 28.0 Å². The van der Waals surface area contributed by atoms with Gasteiger partial charge in [0.15, 0.2) is 0 Å². The van der Waals surface area contributed by atoms with Crippen molar-refractivity contribution < 1.29 is 18.3 Å². The summed E-state index contributed by atoms with van der Waals surface area (Å²) < 4.78 is 29.9. The van der Waals surface area contributed by atoms with Gasteiger partial charge in [-0.2, -0.15) is 5.26 Å². The van der Waals surface area contributed by atoms with E-state index in [1.807, 2.05) is 0 Å². The number of carbonyl (C=O) groups is 1. The normalized spacial score (nSPS) is 10.0. The lowest BCUT2D eigenvalue weighted by atomic mass is 10.1. The summed E-state index contributed by atoms with van der Waals surface area (Å²) in [6, 6.07) is 2.39. The highest BCUT2D eigenvalue weighted by Crippen LogP contribution is 2.30. The number of aromatic nitrogens is 1. The highest BCUT2D eigenvalue weighted by Gasteiger charge is 2.24. The molecule has 0 aromatic carbocycles. The third kappa shape index (κ3) is 2.25. The Kier molecular flexibility index (Phi) is 3.74. The number of nitriles is 1. The molecule has 0 N–H and O–H groups in total. The fourth-order valence-electron chi connectivity index (χ4n) is 1.12. The predicted octanol–water partition coefficient (Wildman–Crippen LogP) is 2.28. The van der Waals surface area contributed by atoms with E-state index in [1.165, 1.54) is 0 Å². The average molecular weight is 247 g/mol. The van der Waals surface area contributed by atoms with E-state index in [-0.39, 0.29) is 11.6 Å². The molecule has 1 aromatic rings. The molecule has 1 rings (SSSR count). The predicted molar refractivity (Wildman–Crippen MR) is 50.6 cm³/mol. The van der Waals surface area contributed by atoms with Gasteiger partial charge in [-0.25, -0.2) is 13.8 Å². The summed E-state index contributed by atoms with van der Waals surface area (Å²) in [7, 11) is 1.14. The van der Waals surface area contributed by atoms with Crippen LogP contribution in [0.3, 0.4) is 0 Å². The van der Waals surface area contributed by atoms with Crippen molar-refractivity contribution >= 4 is 16.8 Å². The molecule has 0 atom stereocenters. The average Bonchev–Trinajstić information content (AvgIpc) is 2.26. The fraction of sp³-hybridized carbons (Fsp3) is 0.222. The number of carbonyl (C=O) groups excluding carboxylic acids is 1. The maximum atomic E-state index is 12.6. The number of ether oxygens (including phenoxy) is 1. The maximum absolute atomic E-state index is 12.6. The number of halogens is 3. The molecule has 1 aromatic heterocycles. The van der Waals surface area contributed by atoms with Gasteiger partial charge in [-0.3, -0.25) is 4.79 Å². The summed E-state index contributed by atoms with van der Waals surface area (Å²) in [6.07, 6.45) is -2.94. The third-order valence-electron chi connectivity index (χ3n) is 1.76. The van der Waals surface area contributed by atoms with Crippen molar-refractivity contribution in [2.24, 2.45) is 0 Å². The number of alkyl halides is 2. The lowest BCUT2D eigenvalue weighted by molar-refractivity contribution is 0.106. The van der Waals surface area contributed by atoms with Crippen LogP contribution in [0.4, 0.5) is 8.78 Å². The summed E-state index contributed by atoms with van der Waals surface area (Å²) in [5.41, 5.74) is -1.45. The van der Waals surface area contributed by atoms with Gasteiger partial charge < -0.3 is 4.74 Å². The SMILES string of the molecule is COc1nc(C#N)cc(C(F)F)c1C(=O)Cl. The molecule has 0 aliphatic heterocycles. The summed E-state index contributed by atoms with van der Waals surface area (Å²) in [4.78, 5) is 14.5. The molecule has 0 saturated carbocycles. The van der Waals surface area contributed by atoms with Crippen LogP contribution in [0.25, 0.3) is 0 Å². The van der Waals surface area contributed by atoms with Crippen LogP contribution in [0.2, 0.25) is 0 Å². The number of pyridine rings is 1. The first kappa shape index (κ1) is 12.3. The number of hydrogen-bond donors (Lipinski definition) is 0. The Balaban J connectivity index is 3.55. The minimum absolute atomic E-state index is 0.270. The van der Waals surface area contributed by atoms with Gasteiger partial charge in [-0.1, -0.05) is 0 Å². The van der Waals surface area contributed by atoms with Crippen molar-refractivity contribution in [3.8, 4) is 11.9 Å². The monoisotopic (exact) mass is 246 g/mol. The fourth-order valence-corrected chi connectivity index (χ4v) is 1.31. The van der Waals surface area contributed by atoms with Crippen molar-refractivity contribution in [3.63, 3.8) is 0 Å². The minimum Gasteiger partial charge on any atom is -0.480 e. The van der Waals surface area contributed by atoms with E-state index in [0.29, 0.717) is 0 Å². The molecule has 0 unspecified atom stereocenters. The van der Waals surface area contributed by atoms with E-state index in [4.69, 9.17) is 16.9 Å². The van der Waals surface area contributed by atoms with Crippen LogP contribution in [-0.4, -0.2) is 17.3 Å². The van der Waals surface area contributed by atoms with Crippen LogP contribution < -0.4 is 4.74 Å². The van der Waals surface area contributed by atoms with Crippen LogP contribution in [0, 0.1) is 11.3 Å². The van der Waals surface area contributed by atoms with E-state index in [0.717, 1.165) is 13.2 Å². The molecular formula is C9H5ClF2N2O2. The summed E-state index contributed by atoms with van der Waals surface area (Å²) in [6.45, 7) is 0. The van der Waals surface area contributed by atoms with Gasteiger partial charge in [0.05, 0.1) is 7.11 Å². The molecule has 7 heteroatoms. The first-order valence-corrected chi connectivity index (χ1v) is 4.36. The number of rotatable bonds is 3. The van der Waals surface area contributed by atoms with Gasteiger partial charge in [0.1, 0.15) is 17.3 Å². The van der Waals surface area contributed by atoms with Gasteiger partial charge in [0, 0.05) is 5.56 Å². The molecule has 84 valence electrons. The largest absolute Gasteiger partial charge is 0.480 e. The van der Waals surface area contributed by atoms with Crippen LogP contribution in [-0.2, 0) is 0 Å². The van der Waals surface area contributed by atoms with Crippen molar-refractivity contribution in [2.75, 3.05) is 7.11 Å². The second-order valence-corrected chi connectivity index (χ2v) is 3.01. The zero-order valence-corrected chi connectivity index (χ0v) is 8.76. The Labute approximate surface area is 94.4 Å². The summed E-state index contributed by atoms with van der Waals surface area (Å²) in [5, 5.41) is 7.46. The third-order valence-corrected chi connectivity index (χ3v) is 1.95. The van der Waals surface area contributed by atoms with Gasteiger partial charge >= 0.3 is 0 Å². The highest BCUT2D eigenvalue weighted by molar-refractivity contribution is 6.68. The van der Waals surface area contributed by atoms with Crippen molar-refractivity contribution in [1.82, 2.24) is 4.98 Å². The zero-order valence-electron chi connectivity index (χ0n) is 8.00. The maximum Gasteiger partial charge on any atom is 0.264 e. The molecule has 4 nitrogen and oxygen atoms in total. The van der Waals surface area contributed by atoms with Crippen molar-refractivity contribution in [3.05, 3.63) is 22.9 Å². The molecule has 0 saturated heterocycles. The van der Waals surface area contributed by atoms with Crippen LogP contribution >= 0.6 is 11.6 Å². The van der Waals surface area contributed by atoms with E-state index in [1.54, 1.807) is 6.07 Å². The molecule has 16 heavy (non-hydrogen) atoms. The molecule has 0 aliphatic carbocycles. The Morgan fingerprint density at radius 3 is 2.69 bits per heavy atom. The molecule has 0 amide bonds. The van der Waals surface area contributed by atoms with E-state index < -0.39 is 22.8 Å². The van der Waals surface area contributed by atoms with E-state index >= 15 is 0 Å². The number of hydrogen-bond acceptors (Lipinski definition) is 4. The molecule has 0 fully saturated rings. The van der Waals surface area contributed by atoms with E-state index in [9.17, 15) is 13.6 Å². The second-order valence-electron chi connectivity index (χ2n) is 2.67. The molecule has 1 heterocycles. The Bertz CT molecular complexity index is 471. The van der Waals surface area contributed by atoms with E-state index in [2.05, 4.69) is 9.72 Å². The Hall–Kier alpha value is -1.74. The molecule has 0 spiro atoms. The molecule has 0 bridgehead atoms. The zero-order chi connectivity index (χ0) is 12.3. The highest BCUT2D eigenvalue weighted by atomic mass is 35.5. The lowest BCUT2D eigenvalue weighted by Gasteiger charge is -2.09. The van der Waals surface area contributed by atoms with Crippen LogP contribution in [0.5, 0.6) is 5.88 Å². The smallest absolute Gasteiger partial charge is 0.264 e. The summed E-state index contributed by atoms with van der Waals surface area (Å²) >= 11 is 5.16. The van der Waals surface area contributed by atoms with Crippen LogP contribution in [0.15, 0.2) is 6.07 Å². The van der Waals surface area contributed by atoms with Gasteiger partial charge in [0.25, 0.3) is 11.7 Å². The van der Waals surface area contributed by atoms with Gasteiger partial charge in [-0.05, 0) is 17.7 Å². The number of methoxy groups -OCH3 is 1. The van der Waals surface area contributed by atoms with Gasteiger partial charge in [0.2, 0.25) is 5.88 Å². The minimum atomic E-state index is -2.94. The Morgan fingerprint density at radius 1 is 1.69 bits per heavy atom. The number of nitrogens with zero attached hydrogens (tertiary/aromatic N) is 2. The topological polar surface area (TPSA) is 63.0 Å². The molecule has 0 radical (unpaired) electrons. The van der Waals surface area contributed by atoms with Crippen molar-refractivity contribution in [1.29, 1.82) is 5.26 Å². The lowest BCUT2D eigenvalue weighted by Crippen LogP contribution is -2.05. The standard InChI is InChI=1S/C9H5ClF2N2O2/c1-16-9-6(7(10)15)5(8(11)12)2-4(3-13)14-9/h2,8H,1H3.